The standard InChI is InChI=1S/C21H25ClN2O3/c1-20-10-16(11-21(2,22)12-20)24(13-20)19(27)15-3-4-17-14(9-15)5-7-23(17)8-6-18(25)26/h3-5,7,9,16H,6,8,10-13H2,1-2H3,(H,25,26). The van der Waals surface area contributed by atoms with Crippen LogP contribution in [0.4, 0.5) is 0 Å². The number of aryl methyl sites for hydroxylation is 1. The summed E-state index contributed by atoms with van der Waals surface area (Å²) in [5.74, 6) is -0.748. The number of rotatable bonds is 4. The van der Waals surface area contributed by atoms with E-state index in [4.69, 9.17) is 16.7 Å². The third-order valence-electron chi connectivity index (χ3n) is 6.02. The fourth-order valence-corrected chi connectivity index (χ4v) is 5.70. The first-order chi connectivity index (χ1) is 12.7. The molecule has 6 heteroatoms. The predicted octanol–water partition coefficient (Wildman–Crippen LogP) is 4.13. The van der Waals surface area contributed by atoms with E-state index in [1.807, 2.05) is 39.9 Å². The summed E-state index contributed by atoms with van der Waals surface area (Å²) in [7, 11) is 0. The van der Waals surface area contributed by atoms with Gasteiger partial charge in [0.1, 0.15) is 0 Å². The molecule has 1 saturated carbocycles. The zero-order valence-electron chi connectivity index (χ0n) is 15.7. The van der Waals surface area contributed by atoms with Gasteiger partial charge in [-0.3, -0.25) is 9.59 Å². The first-order valence-electron chi connectivity index (χ1n) is 9.46. The maximum Gasteiger partial charge on any atom is 0.305 e. The summed E-state index contributed by atoms with van der Waals surface area (Å²) in [5, 5.41) is 9.84. The third-order valence-corrected chi connectivity index (χ3v) is 6.31. The number of benzene rings is 1. The second kappa shape index (κ2) is 6.26. The number of hydrogen-bond donors (Lipinski definition) is 1. The van der Waals surface area contributed by atoms with Crippen molar-refractivity contribution in [3.63, 3.8) is 0 Å². The lowest BCUT2D eigenvalue weighted by Crippen LogP contribution is -2.39. The first-order valence-corrected chi connectivity index (χ1v) is 9.84. The maximum absolute atomic E-state index is 13.2. The van der Waals surface area contributed by atoms with Gasteiger partial charge in [-0.05, 0) is 55.9 Å². The monoisotopic (exact) mass is 388 g/mol. The molecule has 0 radical (unpaired) electrons. The summed E-state index contributed by atoms with van der Waals surface area (Å²) in [6.07, 6.45) is 4.76. The van der Waals surface area contributed by atoms with Gasteiger partial charge in [0.15, 0.2) is 0 Å². The lowest BCUT2D eigenvalue weighted by molar-refractivity contribution is -0.137. The molecule has 2 fully saturated rings. The van der Waals surface area contributed by atoms with E-state index in [0.717, 1.165) is 36.7 Å². The van der Waals surface area contributed by atoms with Crippen LogP contribution in [0.15, 0.2) is 30.5 Å². The van der Waals surface area contributed by atoms with Gasteiger partial charge >= 0.3 is 5.97 Å². The smallest absolute Gasteiger partial charge is 0.305 e. The number of amides is 1. The van der Waals surface area contributed by atoms with Crippen molar-refractivity contribution >= 4 is 34.4 Å². The number of aromatic nitrogens is 1. The first kappa shape index (κ1) is 18.4. The second-order valence-electron chi connectivity index (χ2n) is 8.82. The van der Waals surface area contributed by atoms with Crippen LogP contribution in [-0.4, -0.2) is 43.9 Å². The molecule has 3 atom stereocenters. The highest BCUT2D eigenvalue weighted by Gasteiger charge is 2.52. The van der Waals surface area contributed by atoms with Gasteiger partial charge < -0.3 is 14.6 Å². The summed E-state index contributed by atoms with van der Waals surface area (Å²) >= 11 is 6.66. The Morgan fingerprint density at radius 1 is 1.26 bits per heavy atom. The number of aliphatic carboxylic acids is 1. The molecule has 1 N–H and O–H groups in total. The second-order valence-corrected chi connectivity index (χ2v) is 9.73. The number of halogens is 1. The summed E-state index contributed by atoms with van der Waals surface area (Å²) in [6, 6.07) is 7.83. The van der Waals surface area contributed by atoms with Crippen LogP contribution in [0, 0.1) is 5.41 Å². The molecule has 4 rings (SSSR count). The zero-order valence-corrected chi connectivity index (χ0v) is 16.5. The van der Waals surface area contributed by atoms with E-state index in [1.54, 1.807) is 0 Å². The minimum atomic E-state index is -0.816. The highest BCUT2D eigenvalue weighted by molar-refractivity contribution is 6.23. The molecule has 1 aromatic carbocycles. The van der Waals surface area contributed by atoms with E-state index >= 15 is 0 Å². The highest BCUT2D eigenvalue weighted by atomic mass is 35.5. The number of carboxylic acid groups (broad SMARTS) is 1. The van der Waals surface area contributed by atoms with Crippen LogP contribution in [-0.2, 0) is 11.3 Å². The van der Waals surface area contributed by atoms with Crippen LogP contribution < -0.4 is 0 Å². The van der Waals surface area contributed by atoms with Crippen molar-refractivity contribution in [2.24, 2.45) is 5.41 Å². The molecule has 1 saturated heterocycles. The van der Waals surface area contributed by atoms with Crippen LogP contribution in [0.1, 0.15) is 49.9 Å². The molecule has 2 bridgehead atoms. The van der Waals surface area contributed by atoms with Gasteiger partial charge in [-0.15, -0.1) is 11.6 Å². The fourth-order valence-electron chi connectivity index (χ4n) is 5.20. The molecule has 144 valence electrons. The summed E-state index contributed by atoms with van der Waals surface area (Å²) in [6.45, 7) is 5.50. The lowest BCUT2D eigenvalue weighted by atomic mass is 9.72. The summed E-state index contributed by atoms with van der Waals surface area (Å²) < 4.78 is 1.92. The van der Waals surface area contributed by atoms with E-state index in [1.165, 1.54) is 0 Å². The van der Waals surface area contributed by atoms with Crippen LogP contribution in [0.2, 0.25) is 0 Å². The number of hydrogen-bond acceptors (Lipinski definition) is 2. The van der Waals surface area contributed by atoms with E-state index in [9.17, 15) is 9.59 Å². The molecule has 27 heavy (non-hydrogen) atoms. The van der Waals surface area contributed by atoms with Crippen molar-refractivity contribution < 1.29 is 14.7 Å². The van der Waals surface area contributed by atoms with Crippen LogP contribution in [0.25, 0.3) is 10.9 Å². The minimum Gasteiger partial charge on any atom is -0.481 e. The Morgan fingerprint density at radius 2 is 2.04 bits per heavy atom. The Bertz CT molecular complexity index is 919. The topological polar surface area (TPSA) is 62.5 Å². The molecule has 3 unspecified atom stereocenters. The van der Waals surface area contributed by atoms with E-state index in [2.05, 4.69) is 13.8 Å². The van der Waals surface area contributed by atoms with Crippen molar-refractivity contribution in [1.29, 1.82) is 0 Å². The Kier molecular flexibility index (Phi) is 4.26. The Morgan fingerprint density at radius 3 is 2.78 bits per heavy atom. The van der Waals surface area contributed by atoms with Crippen molar-refractivity contribution in [3.8, 4) is 0 Å². The molecule has 5 nitrogen and oxygen atoms in total. The average molecular weight is 389 g/mol. The van der Waals surface area contributed by atoms with Crippen molar-refractivity contribution in [2.75, 3.05) is 6.54 Å². The number of fused-ring (bicyclic) bond motifs is 3. The number of nitrogens with zero attached hydrogens (tertiary/aromatic N) is 2. The van der Waals surface area contributed by atoms with Crippen LogP contribution >= 0.6 is 11.6 Å². The predicted molar refractivity (Wildman–Crippen MR) is 105 cm³/mol. The van der Waals surface area contributed by atoms with Gasteiger partial charge in [-0.2, -0.15) is 0 Å². The fraction of sp³-hybridized carbons (Fsp3) is 0.524. The molecule has 2 aromatic rings. The van der Waals surface area contributed by atoms with Gasteiger partial charge in [0.25, 0.3) is 5.91 Å². The van der Waals surface area contributed by atoms with Crippen molar-refractivity contribution in [2.45, 2.75) is 57.0 Å². The number of alkyl halides is 1. The highest BCUT2D eigenvalue weighted by Crippen LogP contribution is 2.51. The van der Waals surface area contributed by atoms with Gasteiger partial charge in [-0.1, -0.05) is 6.92 Å². The molecule has 1 amide bonds. The van der Waals surface area contributed by atoms with Crippen molar-refractivity contribution in [3.05, 3.63) is 36.0 Å². The minimum absolute atomic E-state index is 0.0678. The zero-order chi connectivity index (χ0) is 19.4. The van der Waals surface area contributed by atoms with Crippen LogP contribution in [0.5, 0.6) is 0 Å². The number of carbonyl (C=O) groups is 2. The normalized spacial score (nSPS) is 30.0. The van der Waals surface area contributed by atoms with Crippen LogP contribution in [0.3, 0.4) is 0 Å². The lowest BCUT2D eigenvalue weighted by Gasteiger charge is -2.37. The van der Waals surface area contributed by atoms with E-state index in [0.29, 0.717) is 12.1 Å². The Balaban J connectivity index is 1.58. The number of carbonyl (C=O) groups excluding carboxylic acids is 1. The Hall–Kier alpha value is -2.01. The van der Waals surface area contributed by atoms with Gasteiger partial charge in [0, 0.05) is 46.7 Å². The van der Waals surface area contributed by atoms with E-state index < -0.39 is 5.97 Å². The van der Waals surface area contributed by atoms with Gasteiger partial charge in [0.05, 0.1) is 6.42 Å². The Labute approximate surface area is 163 Å². The number of likely N-dealkylation sites (tertiary alicyclic amines) is 1. The van der Waals surface area contributed by atoms with Gasteiger partial charge in [-0.25, -0.2) is 0 Å². The van der Waals surface area contributed by atoms with E-state index in [-0.39, 0.29) is 28.7 Å². The molecule has 0 spiro atoms. The third kappa shape index (κ3) is 3.45. The molecular weight excluding hydrogens is 364 g/mol. The number of carboxylic acids is 1. The van der Waals surface area contributed by atoms with Crippen molar-refractivity contribution in [1.82, 2.24) is 9.47 Å². The SMILES string of the molecule is CC1(Cl)CC2CC(C)(CN2C(=O)c2ccc3c(ccn3CCC(=O)O)c2)C1. The molecule has 1 aliphatic heterocycles. The molecule has 1 aromatic heterocycles. The van der Waals surface area contributed by atoms with Gasteiger partial charge in [0.2, 0.25) is 0 Å². The largest absolute Gasteiger partial charge is 0.481 e. The average Bonchev–Trinajstić information content (AvgIpc) is 3.08. The molecule has 2 heterocycles. The molecular formula is C21H25ClN2O3. The summed E-state index contributed by atoms with van der Waals surface area (Å²) in [5.41, 5.74) is 1.73. The molecule has 2 aliphatic rings. The summed E-state index contributed by atoms with van der Waals surface area (Å²) in [4.78, 5) is 25.8. The molecule has 1 aliphatic carbocycles. The quantitative estimate of drug-likeness (QED) is 0.801. The maximum atomic E-state index is 13.2.